The van der Waals surface area contributed by atoms with E-state index in [1.165, 1.54) is 11.1 Å². The Bertz CT molecular complexity index is 667. The summed E-state index contributed by atoms with van der Waals surface area (Å²) in [5, 5.41) is 3.61. The largest absolute Gasteiger partial charge is 0.371 e. The zero-order valence-electron chi connectivity index (χ0n) is 14.0. The van der Waals surface area contributed by atoms with Crippen molar-refractivity contribution in [2.24, 2.45) is 4.99 Å². The average molecular weight is 308 g/mol. The topological polar surface area (TPSA) is 33.6 Å². The van der Waals surface area contributed by atoms with Crippen molar-refractivity contribution in [1.29, 1.82) is 0 Å². The fourth-order valence-corrected chi connectivity index (χ4v) is 3.06. The third kappa shape index (κ3) is 3.30. The Labute approximate surface area is 138 Å². The van der Waals surface area contributed by atoms with Crippen LogP contribution in [0, 0.1) is 0 Å². The lowest BCUT2D eigenvalue weighted by atomic mass is 9.82. The van der Waals surface area contributed by atoms with Crippen LogP contribution in [0.2, 0.25) is 0 Å². The minimum atomic E-state index is -0.266. The molecule has 0 saturated heterocycles. The second kappa shape index (κ2) is 6.55. The smallest absolute Gasteiger partial charge is 0.124 e. The molecule has 23 heavy (non-hydrogen) atoms. The van der Waals surface area contributed by atoms with Crippen LogP contribution in [0.4, 0.5) is 0 Å². The molecular weight excluding hydrogens is 284 g/mol. The Balaban J connectivity index is 1.95. The Morgan fingerprint density at radius 1 is 1.04 bits per heavy atom. The monoisotopic (exact) mass is 308 g/mol. The van der Waals surface area contributed by atoms with Crippen LogP contribution in [0.5, 0.6) is 0 Å². The van der Waals surface area contributed by atoms with Crippen LogP contribution in [-0.2, 0) is 10.3 Å². The van der Waals surface area contributed by atoms with Crippen molar-refractivity contribution < 1.29 is 4.74 Å². The number of aliphatic imine (C=N–C) groups is 1. The van der Waals surface area contributed by atoms with Gasteiger partial charge in [0.15, 0.2) is 0 Å². The highest BCUT2D eigenvalue weighted by atomic mass is 16.5. The summed E-state index contributed by atoms with van der Waals surface area (Å²) in [6.45, 7) is 6.82. The molecule has 0 fully saturated rings. The van der Waals surface area contributed by atoms with E-state index in [9.17, 15) is 0 Å². The van der Waals surface area contributed by atoms with Gasteiger partial charge in [0.25, 0.3) is 0 Å². The number of hydrogen-bond donors (Lipinski definition) is 1. The van der Waals surface area contributed by atoms with Gasteiger partial charge in [0.2, 0.25) is 0 Å². The van der Waals surface area contributed by atoms with E-state index in [1.807, 2.05) is 26.0 Å². The fraction of sp³-hybridized carbons (Fsp3) is 0.350. The molecule has 120 valence electrons. The van der Waals surface area contributed by atoms with E-state index in [1.54, 1.807) is 0 Å². The first kappa shape index (κ1) is 15.8. The van der Waals surface area contributed by atoms with Gasteiger partial charge in [-0.25, -0.2) is 0 Å². The number of rotatable bonds is 5. The van der Waals surface area contributed by atoms with Crippen LogP contribution in [0.25, 0.3) is 0 Å². The Morgan fingerprint density at radius 3 is 2.26 bits per heavy atom. The van der Waals surface area contributed by atoms with Crippen molar-refractivity contribution >= 4 is 5.84 Å². The summed E-state index contributed by atoms with van der Waals surface area (Å²) in [7, 11) is 0. The summed E-state index contributed by atoms with van der Waals surface area (Å²) >= 11 is 0. The van der Waals surface area contributed by atoms with E-state index in [4.69, 9.17) is 9.73 Å². The Hall–Kier alpha value is -2.13. The third-order valence-electron chi connectivity index (χ3n) is 4.28. The first-order valence-corrected chi connectivity index (χ1v) is 8.16. The molecule has 1 heterocycles. The maximum absolute atomic E-state index is 5.75. The van der Waals surface area contributed by atoms with E-state index >= 15 is 0 Å². The summed E-state index contributed by atoms with van der Waals surface area (Å²) in [6, 6.07) is 21.0. The molecule has 0 aliphatic carbocycles. The van der Waals surface area contributed by atoms with Crippen molar-refractivity contribution in [1.82, 2.24) is 5.32 Å². The molecule has 0 amide bonds. The lowest BCUT2D eigenvalue weighted by molar-refractivity contribution is 0.109. The molecule has 0 saturated carbocycles. The Kier molecular flexibility index (Phi) is 4.49. The van der Waals surface area contributed by atoms with E-state index in [0.29, 0.717) is 6.61 Å². The highest BCUT2D eigenvalue weighted by Crippen LogP contribution is 2.41. The number of nitrogens with zero attached hydrogens (tertiary/aromatic N) is 1. The second-order valence-electron chi connectivity index (χ2n) is 6.44. The second-order valence-corrected chi connectivity index (χ2v) is 6.44. The van der Waals surface area contributed by atoms with Gasteiger partial charge in [-0.2, -0.15) is 0 Å². The van der Waals surface area contributed by atoms with E-state index in [-0.39, 0.29) is 17.7 Å². The average Bonchev–Trinajstić information content (AvgIpc) is 2.93. The van der Waals surface area contributed by atoms with Crippen molar-refractivity contribution in [3.63, 3.8) is 0 Å². The van der Waals surface area contributed by atoms with Crippen molar-refractivity contribution in [2.75, 3.05) is 6.61 Å². The fourth-order valence-electron chi connectivity index (χ4n) is 3.06. The zero-order valence-corrected chi connectivity index (χ0v) is 14.0. The van der Waals surface area contributed by atoms with Crippen molar-refractivity contribution in [2.45, 2.75) is 38.5 Å². The summed E-state index contributed by atoms with van der Waals surface area (Å²) in [4.78, 5) is 4.94. The molecule has 3 heteroatoms. The van der Waals surface area contributed by atoms with E-state index < -0.39 is 0 Å². The van der Waals surface area contributed by atoms with Gasteiger partial charge in [0, 0.05) is 0 Å². The SMILES string of the molecule is CC(C)OCC1=NC(c2ccccc2)C(C)(c2ccccc2)N1. The molecule has 0 aromatic heterocycles. The normalized spacial score (nSPS) is 23.7. The van der Waals surface area contributed by atoms with Gasteiger partial charge >= 0.3 is 0 Å². The number of amidine groups is 1. The van der Waals surface area contributed by atoms with Crippen molar-refractivity contribution in [3.8, 4) is 0 Å². The molecule has 1 aliphatic heterocycles. The summed E-state index contributed by atoms with van der Waals surface area (Å²) in [5.41, 5.74) is 2.18. The molecule has 2 aromatic carbocycles. The van der Waals surface area contributed by atoms with E-state index in [2.05, 4.69) is 60.8 Å². The molecule has 2 atom stereocenters. The molecule has 1 aliphatic rings. The van der Waals surface area contributed by atoms with Crippen LogP contribution in [0.1, 0.15) is 37.9 Å². The first-order valence-electron chi connectivity index (χ1n) is 8.16. The van der Waals surface area contributed by atoms with E-state index in [0.717, 1.165) is 5.84 Å². The lowest BCUT2D eigenvalue weighted by Gasteiger charge is -2.32. The number of ether oxygens (including phenoxy) is 1. The molecule has 2 unspecified atom stereocenters. The molecule has 2 aromatic rings. The van der Waals surface area contributed by atoms with Gasteiger partial charge in [-0.3, -0.25) is 4.99 Å². The van der Waals surface area contributed by atoms with Gasteiger partial charge in [-0.05, 0) is 31.9 Å². The van der Waals surface area contributed by atoms with Gasteiger partial charge in [0.1, 0.15) is 18.5 Å². The van der Waals surface area contributed by atoms with Gasteiger partial charge in [0.05, 0.1) is 11.6 Å². The van der Waals surface area contributed by atoms with Crippen LogP contribution < -0.4 is 5.32 Å². The van der Waals surface area contributed by atoms with Gasteiger partial charge < -0.3 is 10.1 Å². The predicted octanol–water partition coefficient (Wildman–Crippen LogP) is 4.07. The molecule has 0 bridgehead atoms. The maximum Gasteiger partial charge on any atom is 0.124 e. The quantitative estimate of drug-likeness (QED) is 0.903. The molecular formula is C20H24N2O. The van der Waals surface area contributed by atoms with Crippen LogP contribution in [0.15, 0.2) is 65.7 Å². The summed E-state index contributed by atoms with van der Waals surface area (Å²) in [5.74, 6) is 0.916. The molecule has 0 spiro atoms. The molecule has 3 rings (SSSR count). The van der Waals surface area contributed by atoms with Crippen LogP contribution in [0.3, 0.4) is 0 Å². The predicted molar refractivity (Wildman–Crippen MR) is 94.6 cm³/mol. The number of hydrogen-bond acceptors (Lipinski definition) is 3. The van der Waals surface area contributed by atoms with Crippen molar-refractivity contribution in [3.05, 3.63) is 71.8 Å². The number of nitrogens with one attached hydrogen (secondary N) is 1. The number of benzene rings is 2. The molecule has 0 radical (unpaired) electrons. The van der Waals surface area contributed by atoms with Gasteiger partial charge in [-0.15, -0.1) is 0 Å². The lowest BCUT2D eigenvalue weighted by Crippen LogP contribution is -2.42. The highest BCUT2D eigenvalue weighted by molar-refractivity contribution is 5.87. The first-order chi connectivity index (χ1) is 11.1. The maximum atomic E-state index is 5.75. The summed E-state index contributed by atoms with van der Waals surface area (Å²) < 4.78 is 5.75. The third-order valence-corrected chi connectivity index (χ3v) is 4.28. The zero-order chi connectivity index (χ0) is 16.3. The summed E-state index contributed by atoms with van der Waals surface area (Å²) in [6.07, 6.45) is 0.193. The van der Waals surface area contributed by atoms with Gasteiger partial charge in [-0.1, -0.05) is 60.7 Å². The molecule has 3 nitrogen and oxygen atoms in total. The minimum absolute atomic E-state index is 0.0388. The standard InChI is InChI=1S/C20H24N2O/c1-15(2)23-14-18-21-19(16-10-6-4-7-11-16)20(3,22-18)17-12-8-5-9-13-17/h4-13,15,19H,14H2,1-3H3,(H,21,22). The highest BCUT2D eigenvalue weighted by Gasteiger charge is 2.42. The molecule has 1 N–H and O–H groups in total. The minimum Gasteiger partial charge on any atom is -0.371 e. The Morgan fingerprint density at radius 2 is 1.65 bits per heavy atom. The van der Waals surface area contributed by atoms with Crippen LogP contribution >= 0.6 is 0 Å². The van der Waals surface area contributed by atoms with Crippen LogP contribution in [-0.4, -0.2) is 18.5 Å².